The van der Waals surface area contributed by atoms with Gasteiger partial charge in [-0.1, -0.05) is 23.5 Å². The molecule has 24 heavy (non-hydrogen) atoms. The van der Waals surface area contributed by atoms with E-state index in [0.29, 0.717) is 15.9 Å². The van der Waals surface area contributed by atoms with Gasteiger partial charge in [-0.25, -0.2) is 4.98 Å². The molecule has 0 aliphatic rings. The zero-order valence-corrected chi connectivity index (χ0v) is 14.1. The Morgan fingerprint density at radius 3 is 2.58 bits per heavy atom. The van der Waals surface area contributed by atoms with Gasteiger partial charge in [0.2, 0.25) is 4.96 Å². The van der Waals surface area contributed by atoms with Crippen LogP contribution in [0.2, 0.25) is 0 Å². The fourth-order valence-electron chi connectivity index (χ4n) is 2.52. The molecule has 120 valence electrons. The highest BCUT2D eigenvalue weighted by Crippen LogP contribution is 2.27. The second-order valence-electron chi connectivity index (χ2n) is 5.73. The second kappa shape index (κ2) is 5.72. The highest BCUT2D eigenvalue weighted by atomic mass is 32.1. The molecule has 0 amide bonds. The van der Waals surface area contributed by atoms with E-state index in [1.807, 2.05) is 56.3 Å². The Balaban J connectivity index is 1.81. The maximum atomic E-state index is 12.6. The maximum Gasteiger partial charge on any atom is 0.283 e. The molecule has 4 aromatic rings. The summed E-state index contributed by atoms with van der Waals surface area (Å²) in [5.41, 5.74) is 1.49. The lowest BCUT2D eigenvalue weighted by molar-refractivity contribution is 0.242. The van der Waals surface area contributed by atoms with Gasteiger partial charge < -0.3 is 4.74 Å². The largest absolute Gasteiger partial charge is 0.491 e. The first-order valence-electron chi connectivity index (χ1n) is 7.67. The molecule has 2 heterocycles. The third-order valence-corrected chi connectivity index (χ3v) is 4.53. The Bertz CT molecular complexity index is 1080. The first-order valence-corrected chi connectivity index (χ1v) is 8.49. The van der Waals surface area contributed by atoms with Crippen molar-refractivity contribution in [2.75, 3.05) is 0 Å². The molecule has 0 atom stereocenters. The van der Waals surface area contributed by atoms with Crippen LogP contribution >= 0.6 is 11.3 Å². The molecule has 6 heteroatoms. The summed E-state index contributed by atoms with van der Waals surface area (Å²) >= 11 is 1.40. The van der Waals surface area contributed by atoms with E-state index in [9.17, 15) is 4.79 Å². The van der Waals surface area contributed by atoms with Crippen LogP contribution in [-0.2, 0) is 0 Å². The Morgan fingerprint density at radius 1 is 1.08 bits per heavy atom. The molecule has 0 spiro atoms. The zero-order valence-electron chi connectivity index (χ0n) is 13.3. The predicted octanol–water partition coefficient (Wildman–Crippen LogP) is 3.76. The monoisotopic (exact) mass is 337 g/mol. The van der Waals surface area contributed by atoms with Crippen molar-refractivity contribution in [3.05, 3.63) is 58.9 Å². The van der Waals surface area contributed by atoms with Crippen molar-refractivity contribution < 1.29 is 4.74 Å². The van der Waals surface area contributed by atoms with Crippen molar-refractivity contribution in [3.8, 4) is 16.3 Å². The van der Waals surface area contributed by atoms with E-state index in [2.05, 4.69) is 10.1 Å². The van der Waals surface area contributed by atoms with Crippen LogP contribution in [0, 0.1) is 0 Å². The molecule has 0 aliphatic heterocycles. The molecule has 0 fully saturated rings. The summed E-state index contributed by atoms with van der Waals surface area (Å²) in [6.07, 6.45) is 0.133. The normalized spacial score (nSPS) is 11.5. The number of fused-ring (bicyclic) bond motifs is 2. The summed E-state index contributed by atoms with van der Waals surface area (Å²) in [7, 11) is 0. The van der Waals surface area contributed by atoms with Crippen LogP contribution in [0.25, 0.3) is 26.4 Å². The molecule has 2 aromatic carbocycles. The summed E-state index contributed by atoms with van der Waals surface area (Å²) in [5.74, 6) is 0.816. The molecular weight excluding hydrogens is 322 g/mol. The van der Waals surface area contributed by atoms with Crippen LogP contribution < -0.4 is 10.3 Å². The lowest BCUT2D eigenvalue weighted by Gasteiger charge is -2.09. The van der Waals surface area contributed by atoms with Gasteiger partial charge in [-0.15, -0.1) is 0 Å². The van der Waals surface area contributed by atoms with Crippen LogP contribution in [-0.4, -0.2) is 20.7 Å². The number of aromatic nitrogens is 3. The van der Waals surface area contributed by atoms with Gasteiger partial charge in [0.05, 0.1) is 17.0 Å². The average molecular weight is 337 g/mol. The molecule has 0 saturated heterocycles. The fraction of sp³-hybridized carbons (Fsp3) is 0.167. The molecule has 2 aromatic heterocycles. The van der Waals surface area contributed by atoms with Crippen molar-refractivity contribution in [1.82, 2.24) is 14.6 Å². The first-order chi connectivity index (χ1) is 11.6. The molecule has 0 saturated carbocycles. The molecular formula is C18H15N3O2S. The smallest absolute Gasteiger partial charge is 0.283 e. The number of para-hydroxylation sites is 1. The van der Waals surface area contributed by atoms with Crippen molar-refractivity contribution in [2.45, 2.75) is 20.0 Å². The van der Waals surface area contributed by atoms with Crippen LogP contribution in [0.1, 0.15) is 13.8 Å². The van der Waals surface area contributed by atoms with Gasteiger partial charge in [0.1, 0.15) is 10.8 Å². The van der Waals surface area contributed by atoms with Gasteiger partial charge in [-0.2, -0.15) is 9.61 Å². The minimum absolute atomic E-state index is 0.133. The lowest BCUT2D eigenvalue weighted by Crippen LogP contribution is -2.14. The van der Waals surface area contributed by atoms with Gasteiger partial charge >= 0.3 is 0 Å². The topological polar surface area (TPSA) is 56.5 Å². The summed E-state index contributed by atoms with van der Waals surface area (Å²) in [6, 6.07) is 15.0. The summed E-state index contributed by atoms with van der Waals surface area (Å²) < 4.78 is 7.03. The number of ether oxygens (including phenoxy) is 1. The molecule has 0 radical (unpaired) electrons. The molecule has 0 aliphatic carbocycles. The molecule has 0 N–H and O–H groups in total. The van der Waals surface area contributed by atoms with Gasteiger partial charge in [0.25, 0.3) is 5.56 Å². The van der Waals surface area contributed by atoms with E-state index in [1.165, 1.54) is 15.9 Å². The highest BCUT2D eigenvalue weighted by molar-refractivity contribution is 7.19. The Morgan fingerprint density at radius 2 is 1.83 bits per heavy atom. The number of benzene rings is 2. The predicted molar refractivity (Wildman–Crippen MR) is 95.8 cm³/mol. The lowest BCUT2D eigenvalue weighted by atomic mass is 10.2. The molecule has 0 bridgehead atoms. The molecule has 5 nitrogen and oxygen atoms in total. The molecule has 0 unspecified atom stereocenters. The van der Waals surface area contributed by atoms with Gasteiger partial charge in [-0.3, -0.25) is 4.79 Å². The van der Waals surface area contributed by atoms with Crippen molar-refractivity contribution in [1.29, 1.82) is 0 Å². The van der Waals surface area contributed by atoms with E-state index in [1.54, 1.807) is 6.07 Å². The van der Waals surface area contributed by atoms with Crippen LogP contribution in [0.5, 0.6) is 5.75 Å². The van der Waals surface area contributed by atoms with Gasteiger partial charge in [0.15, 0.2) is 0 Å². The highest BCUT2D eigenvalue weighted by Gasteiger charge is 2.12. The minimum atomic E-state index is -0.141. The summed E-state index contributed by atoms with van der Waals surface area (Å²) in [4.78, 5) is 17.7. The van der Waals surface area contributed by atoms with E-state index in [4.69, 9.17) is 4.74 Å². The molecule has 4 rings (SSSR count). The van der Waals surface area contributed by atoms with Crippen LogP contribution in [0.15, 0.2) is 53.3 Å². The average Bonchev–Trinajstić information content (AvgIpc) is 2.99. The van der Waals surface area contributed by atoms with Crippen LogP contribution in [0.4, 0.5) is 0 Å². The Kier molecular flexibility index (Phi) is 3.54. The van der Waals surface area contributed by atoms with E-state index >= 15 is 0 Å². The fourth-order valence-corrected chi connectivity index (χ4v) is 3.42. The van der Waals surface area contributed by atoms with Crippen molar-refractivity contribution >= 4 is 27.2 Å². The summed E-state index contributed by atoms with van der Waals surface area (Å²) in [6.45, 7) is 3.98. The number of hydrogen-bond donors (Lipinski definition) is 0. The second-order valence-corrected chi connectivity index (χ2v) is 6.68. The Labute approximate surface area is 142 Å². The standard InChI is InChI=1S/C18H15N3O2S/c1-11(2)23-13-9-7-12(8-10-13)16-20-21-17(22)14-5-3-4-6-15(14)19-18(21)24-16/h3-11H,1-2H3. The zero-order chi connectivity index (χ0) is 16.7. The van der Waals surface area contributed by atoms with Crippen molar-refractivity contribution in [2.24, 2.45) is 0 Å². The maximum absolute atomic E-state index is 12.6. The third-order valence-electron chi connectivity index (χ3n) is 3.58. The number of rotatable bonds is 3. The number of hydrogen-bond acceptors (Lipinski definition) is 5. The van der Waals surface area contributed by atoms with Crippen molar-refractivity contribution in [3.63, 3.8) is 0 Å². The minimum Gasteiger partial charge on any atom is -0.491 e. The third kappa shape index (κ3) is 2.55. The van der Waals surface area contributed by atoms with E-state index < -0.39 is 0 Å². The van der Waals surface area contributed by atoms with Gasteiger partial charge in [0, 0.05) is 5.56 Å². The first kappa shape index (κ1) is 14.8. The quantitative estimate of drug-likeness (QED) is 0.571. The van der Waals surface area contributed by atoms with E-state index in [0.717, 1.165) is 16.3 Å². The van der Waals surface area contributed by atoms with Crippen LogP contribution in [0.3, 0.4) is 0 Å². The number of nitrogens with zero attached hydrogens (tertiary/aromatic N) is 3. The van der Waals surface area contributed by atoms with Gasteiger partial charge in [-0.05, 0) is 50.2 Å². The summed E-state index contributed by atoms with van der Waals surface area (Å²) in [5, 5.41) is 5.77. The Hall–Kier alpha value is -2.73. The SMILES string of the molecule is CC(C)Oc1ccc(-c2nn3c(=O)c4ccccc4nc3s2)cc1. The van der Waals surface area contributed by atoms with E-state index in [-0.39, 0.29) is 11.7 Å².